The van der Waals surface area contributed by atoms with Gasteiger partial charge in [-0.05, 0) is 76.8 Å². The van der Waals surface area contributed by atoms with Crippen molar-refractivity contribution >= 4 is 6.21 Å². The number of likely N-dealkylation sites (tertiary alicyclic amines) is 1. The quantitative estimate of drug-likeness (QED) is 0.723. The highest BCUT2D eigenvalue weighted by Gasteiger charge is 2.32. The molecule has 2 aliphatic rings. The van der Waals surface area contributed by atoms with Gasteiger partial charge in [0, 0.05) is 30.2 Å². The topological polar surface area (TPSA) is 41.4 Å². The van der Waals surface area contributed by atoms with Crippen LogP contribution in [0.5, 0.6) is 0 Å². The fourth-order valence-corrected chi connectivity index (χ4v) is 4.52. The Morgan fingerprint density at radius 3 is 2.75 bits per heavy atom. The van der Waals surface area contributed by atoms with Crippen LogP contribution in [0.4, 0.5) is 0 Å². The Hall–Kier alpha value is -2.33. The fraction of sp³-hybridized carbons (Fsp3) is 0.458. The maximum absolute atomic E-state index is 5.06. The van der Waals surface area contributed by atoms with E-state index in [1.165, 1.54) is 34.6 Å². The van der Waals surface area contributed by atoms with E-state index >= 15 is 0 Å². The summed E-state index contributed by atoms with van der Waals surface area (Å²) in [6.45, 7) is 4.36. The zero-order valence-electron chi connectivity index (χ0n) is 17.2. The monoisotopic (exact) mass is 374 g/mol. The van der Waals surface area contributed by atoms with Gasteiger partial charge >= 0.3 is 0 Å². The lowest BCUT2D eigenvalue weighted by molar-refractivity contribution is 0.109. The molecule has 2 atom stereocenters. The molecule has 0 saturated carbocycles. The summed E-state index contributed by atoms with van der Waals surface area (Å²) in [7, 11) is 2.23. The molecule has 0 bridgehead atoms. The molecule has 4 heteroatoms. The molecule has 2 unspecified atom stereocenters. The molecule has 4 heterocycles. The molecule has 0 aliphatic carbocycles. The number of hydrogen-bond donors (Lipinski definition) is 0. The fourth-order valence-electron chi connectivity index (χ4n) is 4.52. The minimum atomic E-state index is 0.338. The van der Waals surface area contributed by atoms with Gasteiger partial charge in [-0.2, -0.15) is 0 Å². The molecule has 2 aromatic heterocycles. The van der Waals surface area contributed by atoms with Gasteiger partial charge in [0.05, 0.1) is 23.5 Å². The van der Waals surface area contributed by atoms with Crippen LogP contribution in [0.2, 0.25) is 0 Å². The predicted molar refractivity (Wildman–Crippen MR) is 114 cm³/mol. The summed E-state index contributed by atoms with van der Waals surface area (Å²) in [5, 5.41) is 0. The zero-order valence-corrected chi connectivity index (χ0v) is 17.2. The molecule has 1 saturated heterocycles. The normalized spacial score (nSPS) is 23.2. The maximum atomic E-state index is 5.06. The molecule has 28 heavy (non-hydrogen) atoms. The van der Waals surface area contributed by atoms with E-state index in [9.17, 15) is 0 Å². The van der Waals surface area contributed by atoms with Crippen molar-refractivity contribution in [2.75, 3.05) is 7.05 Å². The smallest absolute Gasteiger partial charge is 0.0604 e. The highest BCUT2D eigenvalue weighted by Crippen LogP contribution is 2.40. The van der Waals surface area contributed by atoms with Crippen molar-refractivity contribution in [1.29, 1.82) is 0 Å². The third kappa shape index (κ3) is 3.93. The first-order valence-electron chi connectivity index (χ1n) is 10.4. The van der Waals surface area contributed by atoms with Crippen LogP contribution in [0.1, 0.15) is 73.8 Å². The summed E-state index contributed by atoms with van der Waals surface area (Å²) in [5.74, 6) is 0. The van der Waals surface area contributed by atoms with E-state index in [1.807, 2.05) is 18.5 Å². The van der Waals surface area contributed by atoms with Crippen LogP contribution >= 0.6 is 0 Å². The average Bonchev–Trinajstić information content (AvgIpc) is 2.71. The lowest BCUT2D eigenvalue weighted by Crippen LogP contribution is -2.34. The Balaban J connectivity index is 1.57. The molecule has 1 fully saturated rings. The van der Waals surface area contributed by atoms with E-state index in [-0.39, 0.29) is 0 Å². The largest absolute Gasteiger partial charge is 0.289 e. The van der Waals surface area contributed by atoms with Gasteiger partial charge in [-0.25, -0.2) is 0 Å². The standard InChI is InChI=1S/C24H30N4/c1-17-8-6-14-25-21(17)16-19-10-4-11-20(27-19)22-12-5-13-23(28(22)3)24-18(2)9-7-15-26-24/h4,7,9-11,14-15,22-23H,5-6,8,12-13,16H2,1-3H3. The summed E-state index contributed by atoms with van der Waals surface area (Å²) >= 11 is 0. The second kappa shape index (κ2) is 8.36. The van der Waals surface area contributed by atoms with Gasteiger partial charge in [0.2, 0.25) is 0 Å². The Kier molecular flexibility index (Phi) is 5.67. The van der Waals surface area contributed by atoms with Crippen LogP contribution in [-0.2, 0) is 6.42 Å². The molecular formula is C24H30N4. The van der Waals surface area contributed by atoms with E-state index in [0.717, 1.165) is 37.8 Å². The van der Waals surface area contributed by atoms with Crippen molar-refractivity contribution in [2.24, 2.45) is 4.99 Å². The van der Waals surface area contributed by atoms with E-state index in [1.54, 1.807) is 0 Å². The molecule has 2 aromatic rings. The molecule has 4 rings (SSSR count). The van der Waals surface area contributed by atoms with Crippen LogP contribution in [0, 0.1) is 6.92 Å². The first kappa shape index (κ1) is 19.0. The van der Waals surface area contributed by atoms with Crippen molar-refractivity contribution in [2.45, 2.75) is 64.5 Å². The van der Waals surface area contributed by atoms with Gasteiger partial charge in [0.25, 0.3) is 0 Å². The van der Waals surface area contributed by atoms with Crippen LogP contribution in [-0.4, -0.2) is 28.1 Å². The van der Waals surface area contributed by atoms with Crippen molar-refractivity contribution in [1.82, 2.24) is 14.9 Å². The lowest BCUT2D eigenvalue weighted by atomic mass is 9.90. The minimum Gasteiger partial charge on any atom is -0.289 e. The number of aryl methyl sites for hydroxylation is 1. The summed E-state index contributed by atoms with van der Waals surface area (Å²) in [5.41, 5.74) is 7.37. The molecule has 0 amide bonds. The van der Waals surface area contributed by atoms with Crippen molar-refractivity contribution in [3.8, 4) is 0 Å². The third-order valence-electron chi connectivity index (χ3n) is 6.21. The highest BCUT2D eigenvalue weighted by atomic mass is 15.2. The molecule has 0 spiro atoms. The van der Waals surface area contributed by atoms with Crippen molar-refractivity contribution in [3.63, 3.8) is 0 Å². The van der Waals surface area contributed by atoms with Crippen molar-refractivity contribution in [3.05, 3.63) is 70.4 Å². The van der Waals surface area contributed by atoms with Crippen LogP contribution in [0.3, 0.4) is 0 Å². The second-order valence-corrected chi connectivity index (χ2v) is 8.14. The molecule has 4 nitrogen and oxygen atoms in total. The number of aromatic nitrogens is 2. The molecule has 0 N–H and O–H groups in total. The molecule has 2 aliphatic heterocycles. The summed E-state index contributed by atoms with van der Waals surface area (Å²) in [6, 6.07) is 11.4. The SMILES string of the molecule is CC1=C(Cc2cccc(C3CCCC(c4ncccc4C)N3C)n2)N=CCC1. The van der Waals surface area contributed by atoms with Gasteiger partial charge in [-0.15, -0.1) is 0 Å². The van der Waals surface area contributed by atoms with Gasteiger partial charge in [-0.1, -0.05) is 17.7 Å². The van der Waals surface area contributed by atoms with Gasteiger partial charge in [0.15, 0.2) is 0 Å². The van der Waals surface area contributed by atoms with E-state index < -0.39 is 0 Å². The third-order valence-corrected chi connectivity index (χ3v) is 6.21. The number of rotatable bonds is 4. The molecular weight excluding hydrogens is 344 g/mol. The average molecular weight is 375 g/mol. The Morgan fingerprint density at radius 1 is 1.07 bits per heavy atom. The lowest BCUT2D eigenvalue weighted by Gasteiger charge is -2.39. The Labute approximate surface area is 168 Å². The van der Waals surface area contributed by atoms with E-state index in [2.05, 4.69) is 55.1 Å². The number of allylic oxidation sites excluding steroid dienone is 2. The minimum absolute atomic E-state index is 0.338. The molecule has 0 aromatic carbocycles. The van der Waals surface area contributed by atoms with Crippen LogP contribution in [0.25, 0.3) is 0 Å². The van der Waals surface area contributed by atoms with E-state index in [0.29, 0.717) is 12.1 Å². The number of hydrogen-bond acceptors (Lipinski definition) is 4. The molecule has 146 valence electrons. The maximum Gasteiger partial charge on any atom is 0.0604 e. The van der Waals surface area contributed by atoms with Crippen LogP contribution in [0.15, 0.2) is 52.8 Å². The Morgan fingerprint density at radius 2 is 1.93 bits per heavy atom. The predicted octanol–water partition coefficient (Wildman–Crippen LogP) is 5.36. The van der Waals surface area contributed by atoms with Gasteiger partial charge < -0.3 is 0 Å². The summed E-state index contributed by atoms with van der Waals surface area (Å²) in [4.78, 5) is 16.9. The summed E-state index contributed by atoms with van der Waals surface area (Å²) < 4.78 is 0. The van der Waals surface area contributed by atoms with Crippen molar-refractivity contribution < 1.29 is 0 Å². The van der Waals surface area contributed by atoms with Gasteiger partial charge in [0.1, 0.15) is 0 Å². The summed E-state index contributed by atoms with van der Waals surface area (Å²) in [6.07, 6.45) is 10.5. The number of nitrogens with zero attached hydrogens (tertiary/aromatic N) is 4. The Bertz CT molecular complexity index is 899. The van der Waals surface area contributed by atoms with E-state index in [4.69, 9.17) is 9.97 Å². The first-order chi connectivity index (χ1) is 13.6. The number of piperidine rings is 1. The first-order valence-corrected chi connectivity index (χ1v) is 10.4. The highest BCUT2D eigenvalue weighted by molar-refractivity contribution is 5.61. The zero-order chi connectivity index (χ0) is 19.5. The van der Waals surface area contributed by atoms with Gasteiger partial charge in [-0.3, -0.25) is 19.9 Å². The second-order valence-electron chi connectivity index (χ2n) is 8.14. The number of aliphatic imine (C=N–C) groups is 1. The number of pyridine rings is 2. The van der Waals surface area contributed by atoms with Crippen LogP contribution < -0.4 is 0 Å². The molecule has 0 radical (unpaired) electrons.